The summed E-state index contributed by atoms with van der Waals surface area (Å²) in [6.07, 6.45) is 4.95. The van der Waals surface area contributed by atoms with Crippen molar-refractivity contribution in [2.75, 3.05) is 11.9 Å². The summed E-state index contributed by atoms with van der Waals surface area (Å²) in [7, 11) is 1.77. The van der Waals surface area contributed by atoms with Gasteiger partial charge >= 0.3 is 0 Å². The van der Waals surface area contributed by atoms with Crippen molar-refractivity contribution >= 4 is 23.0 Å². The van der Waals surface area contributed by atoms with Gasteiger partial charge in [0.25, 0.3) is 0 Å². The average Bonchev–Trinajstić information content (AvgIpc) is 2.76. The highest BCUT2D eigenvalue weighted by atomic mass is 16.2. The third kappa shape index (κ3) is 2.48. The molecule has 3 N–H and O–H groups in total. The average molecular weight is 320 g/mol. The Bertz CT molecular complexity index is 853. The number of aromatic nitrogens is 1. The number of allylic oxidation sites excluding steroid dienone is 1. The number of hydrogen-bond donors (Lipinski definition) is 2. The lowest BCUT2D eigenvalue weighted by Crippen LogP contribution is -2.33. The number of carbonyl (C=O) groups excluding carboxylic acids is 1. The molecule has 1 aliphatic rings. The molecule has 1 aromatic carbocycles. The number of hydrogen-bond acceptors (Lipinski definition) is 4. The van der Waals surface area contributed by atoms with Gasteiger partial charge in [-0.25, -0.2) is 0 Å². The zero-order valence-corrected chi connectivity index (χ0v) is 14.0. The van der Waals surface area contributed by atoms with Gasteiger partial charge < -0.3 is 16.0 Å². The second-order valence-corrected chi connectivity index (χ2v) is 6.47. The van der Waals surface area contributed by atoms with E-state index in [4.69, 9.17) is 11.1 Å². The number of nitrogens with one attached hydrogen (secondary N) is 1. The maximum absolute atomic E-state index is 12.4. The van der Waals surface area contributed by atoms with Crippen LogP contribution in [0.4, 0.5) is 5.69 Å². The van der Waals surface area contributed by atoms with E-state index in [-0.39, 0.29) is 5.91 Å². The first-order valence-corrected chi connectivity index (χ1v) is 7.71. The largest absolute Gasteiger partial charge is 0.398 e. The van der Waals surface area contributed by atoms with E-state index < -0.39 is 5.41 Å². The molecule has 5 nitrogen and oxygen atoms in total. The van der Waals surface area contributed by atoms with Gasteiger partial charge in [0.05, 0.1) is 11.1 Å². The molecule has 0 fully saturated rings. The third-order valence-electron chi connectivity index (χ3n) is 4.50. The normalized spacial score (nSPS) is 16.2. The summed E-state index contributed by atoms with van der Waals surface area (Å²) in [6.45, 7) is 3.84. The molecule has 5 heteroatoms. The molecule has 0 spiro atoms. The summed E-state index contributed by atoms with van der Waals surface area (Å²) >= 11 is 0. The monoisotopic (exact) mass is 320 g/mol. The molecular formula is C19H20N4O. The quantitative estimate of drug-likeness (QED) is 0.853. The molecule has 1 aliphatic heterocycles. The molecule has 0 unspecified atom stereocenters. The van der Waals surface area contributed by atoms with Crippen LogP contribution in [0.3, 0.4) is 0 Å². The highest BCUT2D eigenvalue weighted by Crippen LogP contribution is 2.41. The number of likely N-dealkylation sites (N-methyl/N-ethyl adjacent to an activating group) is 1. The van der Waals surface area contributed by atoms with Crippen LogP contribution in [0.25, 0.3) is 5.70 Å². The highest BCUT2D eigenvalue weighted by molar-refractivity contribution is 6.13. The molecule has 1 amide bonds. The standard InChI is InChI=1S/C19H20N4O/c1-19(2)14-5-4-13(10-17(14)23(3)18(19)24)16(21)11-15(20)12-6-8-22-9-7-12/h4-11,21H,20H2,1-3H3/b15-11-,21-16?. The van der Waals surface area contributed by atoms with Crippen LogP contribution in [0.2, 0.25) is 0 Å². The molecule has 0 bridgehead atoms. The van der Waals surface area contributed by atoms with Crippen LogP contribution in [0.5, 0.6) is 0 Å². The molecule has 2 heterocycles. The first kappa shape index (κ1) is 15.9. The molecule has 0 radical (unpaired) electrons. The van der Waals surface area contributed by atoms with E-state index in [1.54, 1.807) is 42.6 Å². The second-order valence-electron chi connectivity index (χ2n) is 6.47. The minimum absolute atomic E-state index is 0.0630. The predicted octanol–water partition coefficient (Wildman–Crippen LogP) is 2.70. The van der Waals surface area contributed by atoms with Crippen molar-refractivity contribution in [3.63, 3.8) is 0 Å². The number of amides is 1. The Morgan fingerprint density at radius 1 is 1.21 bits per heavy atom. The van der Waals surface area contributed by atoms with Gasteiger partial charge in [0.2, 0.25) is 5.91 Å². The van der Waals surface area contributed by atoms with Gasteiger partial charge in [-0.2, -0.15) is 0 Å². The summed E-state index contributed by atoms with van der Waals surface area (Å²) in [5.74, 6) is 0.0630. The van der Waals surface area contributed by atoms with Crippen LogP contribution in [-0.4, -0.2) is 23.7 Å². The van der Waals surface area contributed by atoms with Crippen molar-refractivity contribution < 1.29 is 4.79 Å². The van der Waals surface area contributed by atoms with E-state index in [1.165, 1.54) is 0 Å². The zero-order valence-electron chi connectivity index (χ0n) is 14.0. The van der Waals surface area contributed by atoms with Crippen LogP contribution >= 0.6 is 0 Å². The molecule has 0 saturated heterocycles. The van der Waals surface area contributed by atoms with Crippen molar-refractivity contribution in [2.24, 2.45) is 5.73 Å². The van der Waals surface area contributed by atoms with Crippen molar-refractivity contribution in [1.82, 2.24) is 4.98 Å². The fourth-order valence-corrected chi connectivity index (χ4v) is 3.02. The van der Waals surface area contributed by atoms with E-state index >= 15 is 0 Å². The molecular weight excluding hydrogens is 300 g/mol. The summed E-state index contributed by atoms with van der Waals surface area (Å²) in [5.41, 5.74) is 9.73. The summed E-state index contributed by atoms with van der Waals surface area (Å²) in [5, 5.41) is 8.31. The van der Waals surface area contributed by atoms with Gasteiger partial charge in [-0.3, -0.25) is 9.78 Å². The van der Waals surface area contributed by atoms with Crippen molar-refractivity contribution in [2.45, 2.75) is 19.3 Å². The smallest absolute Gasteiger partial charge is 0.236 e. The van der Waals surface area contributed by atoms with Gasteiger partial charge in [-0.15, -0.1) is 0 Å². The number of benzene rings is 1. The lowest BCUT2D eigenvalue weighted by molar-refractivity contribution is -0.121. The van der Waals surface area contributed by atoms with E-state index in [9.17, 15) is 4.79 Å². The van der Waals surface area contributed by atoms with Gasteiger partial charge in [-0.1, -0.05) is 12.1 Å². The Balaban J connectivity index is 1.95. The summed E-state index contributed by atoms with van der Waals surface area (Å²) < 4.78 is 0. The lowest BCUT2D eigenvalue weighted by atomic mass is 9.85. The Labute approximate surface area is 141 Å². The van der Waals surface area contributed by atoms with E-state index in [1.807, 2.05) is 32.0 Å². The number of rotatable bonds is 3. The topological polar surface area (TPSA) is 83.1 Å². The zero-order chi connectivity index (χ0) is 17.5. The van der Waals surface area contributed by atoms with Gasteiger partial charge in [0.1, 0.15) is 0 Å². The van der Waals surface area contributed by atoms with Crippen LogP contribution in [-0.2, 0) is 10.2 Å². The van der Waals surface area contributed by atoms with E-state index in [2.05, 4.69) is 4.98 Å². The third-order valence-corrected chi connectivity index (χ3v) is 4.50. The van der Waals surface area contributed by atoms with Crippen LogP contribution < -0.4 is 10.6 Å². The molecule has 2 aromatic rings. The molecule has 122 valence electrons. The van der Waals surface area contributed by atoms with Gasteiger partial charge in [0, 0.05) is 42.0 Å². The number of nitrogens with two attached hydrogens (primary N) is 1. The predicted molar refractivity (Wildman–Crippen MR) is 96.1 cm³/mol. The minimum Gasteiger partial charge on any atom is -0.398 e. The maximum atomic E-state index is 12.4. The first-order chi connectivity index (χ1) is 11.3. The Morgan fingerprint density at radius 2 is 1.88 bits per heavy atom. The van der Waals surface area contributed by atoms with Crippen molar-refractivity contribution in [3.8, 4) is 0 Å². The van der Waals surface area contributed by atoms with Crippen LogP contribution in [0, 0.1) is 5.41 Å². The van der Waals surface area contributed by atoms with E-state index in [0.717, 1.165) is 22.4 Å². The fraction of sp³-hybridized carbons (Fsp3) is 0.211. The molecule has 0 aliphatic carbocycles. The minimum atomic E-state index is -0.531. The molecule has 0 atom stereocenters. The van der Waals surface area contributed by atoms with E-state index in [0.29, 0.717) is 11.4 Å². The Kier molecular flexibility index (Phi) is 3.72. The number of pyridine rings is 1. The van der Waals surface area contributed by atoms with Crippen molar-refractivity contribution in [1.29, 1.82) is 5.41 Å². The molecule has 24 heavy (non-hydrogen) atoms. The Morgan fingerprint density at radius 3 is 2.54 bits per heavy atom. The van der Waals surface area contributed by atoms with Crippen LogP contribution in [0.15, 0.2) is 48.8 Å². The summed E-state index contributed by atoms with van der Waals surface area (Å²) in [6, 6.07) is 9.27. The first-order valence-electron chi connectivity index (χ1n) is 7.71. The Hall–Kier alpha value is -2.95. The number of anilines is 1. The maximum Gasteiger partial charge on any atom is 0.236 e. The summed E-state index contributed by atoms with van der Waals surface area (Å²) in [4.78, 5) is 18.0. The van der Waals surface area contributed by atoms with Gasteiger partial charge in [-0.05, 0) is 43.7 Å². The molecule has 0 saturated carbocycles. The van der Waals surface area contributed by atoms with Crippen molar-refractivity contribution in [3.05, 3.63) is 65.5 Å². The highest BCUT2D eigenvalue weighted by Gasteiger charge is 2.42. The lowest BCUT2D eigenvalue weighted by Gasteiger charge is -2.16. The molecule has 1 aromatic heterocycles. The van der Waals surface area contributed by atoms with Gasteiger partial charge in [0.15, 0.2) is 0 Å². The fourth-order valence-electron chi connectivity index (χ4n) is 3.02. The second kappa shape index (κ2) is 5.60. The molecule has 3 rings (SSSR count). The number of nitrogens with zero attached hydrogens (tertiary/aromatic N) is 2. The number of fused-ring (bicyclic) bond motifs is 1. The SMILES string of the molecule is CN1C(=O)C(C)(C)c2ccc(C(=N)/C=C(\N)c3ccncc3)cc21. The van der Waals surface area contributed by atoms with Crippen LogP contribution in [0.1, 0.15) is 30.5 Å². The number of carbonyl (C=O) groups is 1.